The maximum atomic E-state index is 13.8. The number of hydrogen-bond donors (Lipinski definition) is 1. The Morgan fingerprint density at radius 1 is 0.946 bits per heavy atom. The SMILES string of the molecule is O=C(Nc1ccc([N+](=O)[O-])cc1)[C@@H]1[C@H]2C(=O)N(c3cccc(Br)c3)C(=O)[C@@H]2[C@@H]2C=Cc3ccccc3N12. The fraction of sp³-hybridized carbons (Fsp3) is 0.148. The number of rotatable bonds is 4. The number of halogens is 1. The Kier molecular flexibility index (Phi) is 5.41. The zero-order chi connectivity index (χ0) is 25.8. The van der Waals surface area contributed by atoms with Gasteiger partial charge in [-0.05, 0) is 42.0 Å². The standard InChI is InChI=1S/C27H19BrN4O5/c28-16-5-3-6-19(14-16)30-26(34)22-21-13-8-15-4-1-2-7-20(15)31(21)24(23(22)27(30)35)25(33)29-17-9-11-18(12-10-17)32(36)37/h1-14,21-24H,(H,29,33)/t21-,22+,23-,24-/m0/s1. The number of amides is 3. The fourth-order valence-corrected chi connectivity index (χ4v) is 5.95. The van der Waals surface area contributed by atoms with Gasteiger partial charge in [0.25, 0.3) is 5.69 Å². The van der Waals surface area contributed by atoms with Gasteiger partial charge in [0.15, 0.2) is 0 Å². The van der Waals surface area contributed by atoms with E-state index in [0.717, 1.165) is 15.7 Å². The first-order valence-electron chi connectivity index (χ1n) is 11.6. The van der Waals surface area contributed by atoms with Crippen molar-refractivity contribution >= 4 is 62.5 Å². The number of nitrogens with one attached hydrogen (secondary N) is 1. The lowest BCUT2D eigenvalue weighted by Crippen LogP contribution is -2.50. The number of nitrogens with zero attached hydrogens (tertiary/aromatic N) is 3. The van der Waals surface area contributed by atoms with Crippen LogP contribution in [0.15, 0.2) is 83.3 Å². The maximum Gasteiger partial charge on any atom is 0.269 e. The molecular formula is C27H19BrN4O5. The van der Waals surface area contributed by atoms with Crippen molar-refractivity contribution in [1.29, 1.82) is 0 Å². The number of nitro benzene ring substituents is 1. The molecule has 3 aromatic rings. The van der Waals surface area contributed by atoms with E-state index in [1.165, 1.54) is 29.2 Å². The molecule has 2 fully saturated rings. The number of benzene rings is 3. The van der Waals surface area contributed by atoms with Gasteiger partial charge in [0.05, 0.1) is 28.5 Å². The van der Waals surface area contributed by atoms with Crippen molar-refractivity contribution < 1.29 is 19.3 Å². The van der Waals surface area contributed by atoms with Gasteiger partial charge in [-0.3, -0.25) is 24.5 Å². The average Bonchev–Trinajstić information content (AvgIpc) is 3.37. The second-order valence-corrected chi connectivity index (χ2v) is 10.0. The molecule has 0 aliphatic carbocycles. The molecule has 37 heavy (non-hydrogen) atoms. The van der Waals surface area contributed by atoms with Crippen molar-refractivity contribution in [3.05, 3.63) is 99.0 Å². The molecule has 4 atom stereocenters. The van der Waals surface area contributed by atoms with Crippen LogP contribution in [0.25, 0.3) is 6.08 Å². The Balaban J connectivity index is 1.41. The molecule has 0 saturated carbocycles. The zero-order valence-electron chi connectivity index (χ0n) is 19.2. The normalized spacial score (nSPS) is 23.5. The van der Waals surface area contributed by atoms with E-state index in [0.29, 0.717) is 11.4 Å². The van der Waals surface area contributed by atoms with Gasteiger partial charge in [-0.25, -0.2) is 4.90 Å². The Morgan fingerprint density at radius 3 is 2.41 bits per heavy atom. The second kappa shape index (κ2) is 8.67. The third-order valence-electron chi connectivity index (χ3n) is 7.10. The third-order valence-corrected chi connectivity index (χ3v) is 7.59. The summed E-state index contributed by atoms with van der Waals surface area (Å²) in [6.45, 7) is 0. The van der Waals surface area contributed by atoms with Gasteiger partial charge in [-0.15, -0.1) is 0 Å². The Labute approximate surface area is 219 Å². The van der Waals surface area contributed by atoms with Crippen molar-refractivity contribution in [2.45, 2.75) is 12.1 Å². The molecule has 0 aromatic heterocycles. The van der Waals surface area contributed by atoms with Crippen LogP contribution >= 0.6 is 15.9 Å². The molecule has 3 aromatic carbocycles. The maximum absolute atomic E-state index is 13.8. The second-order valence-electron chi connectivity index (χ2n) is 9.10. The Bertz CT molecular complexity index is 1500. The highest BCUT2D eigenvalue weighted by atomic mass is 79.9. The molecular weight excluding hydrogens is 540 g/mol. The molecule has 3 heterocycles. The van der Waals surface area contributed by atoms with Gasteiger partial charge < -0.3 is 10.2 Å². The molecule has 10 heteroatoms. The van der Waals surface area contributed by atoms with Crippen LogP contribution in [-0.2, 0) is 14.4 Å². The summed E-state index contributed by atoms with van der Waals surface area (Å²) in [7, 11) is 0. The summed E-state index contributed by atoms with van der Waals surface area (Å²) in [6, 6.07) is 18.5. The predicted molar refractivity (Wildman–Crippen MR) is 141 cm³/mol. The average molecular weight is 559 g/mol. The number of carbonyl (C=O) groups is 3. The molecule has 0 unspecified atom stereocenters. The van der Waals surface area contributed by atoms with Gasteiger partial charge in [-0.1, -0.05) is 52.3 Å². The van der Waals surface area contributed by atoms with E-state index in [1.54, 1.807) is 24.3 Å². The van der Waals surface area contributed by atoms with E-state index in [-0.39, 0.29) is 11.6 Å². The molecule has 0 bridgehead atoms. The third kappa shape index (κ3) is 3.63. The van der Waals surface area contributed by atoms with E-state index in [9.17, 15) is 24.5 Å². The van der Waals surface area contributed by atoms with Crippen LogP contribution in [0.2, 0.25) is 0 Å². The van der Waals surface area contributed by atoms with E-state index in [2.05, 4.69) is 21.2 Å². The van der Waals surface area contributed by atoms with Crippen LogP contribution in [-0.4, -0.2) is 34.7 Å². The summed E-state index contributed by atoms with van der Waals surface area (Å²) in [5.74, 6) is -2.90. The summed E-state index contributed by atoms with van der Waals surface area (Å²) in [4.78, 5) is 54.9. The first kappa shape index (κ1) is 23.1. The smallest absolute Gasteiger partial charge is 0.269 e. The van der Waals surface area contributed by atoms with Gasteiger partial charge in [0.2, 0.25) is 17.7 Å². The number of fused-ring (bicyclic) bond motifs is 5. The highest BCUT2D eigenvalue weighted by molar-refractivity contribution is 9.10. The van der Waals surface area contributed by atoms with Crippen LogP contribution in [0.3, 0.4) is 0 Å². The van der Waals surface area contributed by atoms with Crippen LogP contribution in [0, 0.1) is 22.0 Å². The molecule has 3 aliphatic heterocycles. The Hall–Kier alpha value is -4.31. The first-order chi connectivity index (χ1) is 17.8. The minimum absolute atomic E-state index is 0.102. The van der Waals surface area contributed by atoms with Gasteiger partial charge in [-0.2, -0.15) is 0 Å². The molecule has 6 rings (SSSR count). The fourth-order valence-electron chi connectivity index (χ4n) is 5.57. The largest absolute Gasteiger partial charge is 0.351 e. The topological polar surface area (TPSA) is 113 Å². The van der Waals surface area contributed by atoms with E-state index in [1.807, 2.05) is 41.3 Å². The monoisotopic (exact) mass is 558 g/mol. The van der Waals surface area contributed by atoms with Crippen molar-refractivity contribution in [3.63, 3.8) is 0 Å². The zero-order valence-corrected chi connectivity index (χ0v) is 20.7. The molecule has 184 valence electrons. The molecule has 3 amide bonds. The number of non-ortho nitro benzene ring substituents is 1. The first-order valence-corrected chi connectivity index (χ1v) is 12.4. The highest BCUT2D eigenvalue weighted by Crippen LogP contribution is 2.49. The molecule has 9 nitrogen and oxygen atoms in total. The van der Waals surface area contributed by atoms with Crippen molar-refractivity contribution in [2.24, 2.45) is 11.8 Å². The summed E-state index contributed by atoms with van der Waals surface area (Å²) in [5, 5.41) is 13.8. The molecule has 0 radical (unpaired) electrons. The number of nitro groups is 1. The summed E-state index contributed by atoms with van der Waals surface area (Å²) in [5.41, 5.74) is 2.35. The van der Waals surface area contributed by atoms with E-state index < -0.39 is 40.7 Å². The lowest BCUT2D eigenvalue weighted by molar-refractivity contribution is -0.384. The summed E-state index contributed by atoms with van der Waals surface area (Å²) >= 11 is 3.40. The molecule has 2 saturated heterocycles. The van der Waals surface area contributed by atoms with Crippen LogP contribution in [0.4, 0.5) is 22.7 Å². The number of imide groups is 1. The number of hydrogen-bond acceptors (Lipinski definition) is 6. The van der Waals surface area contributed by atoms with Crippen LogP contribution in [0.5, 0.6) is 0 Å². The minimum Gasteiger partial charge on any atom is -0.351 e. The number of anilines is 3. The highest BCUT2D eigenvalue weighted by Gasteiger charge is 2.64. The van der Waals surface area contributed by atoms with E-state index >= 15 is 0 Å². The number of carbonyl (C=O) groups excluding carboxylic acids is 3. The predicted octanol–water partition coefficient (Wildman–Crippen LogP) is 4.39. The molecule has 0 spiro atoms. The van der Waals surface area contributed by atoms with Crippen LogP contribution in [0.1, 0.15) is 5.56 Å². The van der Waals surface area contributed by atoms with E-state index in [4.69, 9.17) is 0 Å². The number of para-hydroxylation sites is 1. The Morgan fingerprint density at radius 2 is 1.68 bits per heavy atom. The quantitative estimate of drug-likeness (QED) is 0.288. The van der Waals surface area contributed by atoms with Gasteiger partial charge >= 0.3 is 0 Å². The minimum atomic E-state index is -0.968. The van der Waals surface area contributed by atoms with Gasteiger partial charge in [0.1, 0.15) is 6.04 Å². The van der Waals surface area contributed by atoms with Gasteiger partial charge in [0, 0.05) is 28.0 Å². The summed E-state index contributed by atoms with van der Waals surface area (Å²) < 4.78 is 0.725. The van der Waals surface area contributed by atoms with Crippen molar-refractivity contribution in [2.75, 3.05) is 15.1 Å². The lowest BCUT2D eigenvalue weighted by Gasteiger charge is -2.36. The molecule has 1 N–H and O–H groups in total. The van der Waals surface area contributed by atoms with Crippen molar-refractivity contribution in [1.82, 2.24) is 0 Å². The molecule has 3 aliphatic rings. The lowest BCUT2D eigenvalue weighted by atomic mass is 9.88. The summed E-state index contributed by atoms with van der Waals surface area (Å²) in [6.07, 6.45) is 3.80. The van der Waals surface area contributed by atoms with Crippen molar-refractivity contribution in [3.8, 4) is 0 Å². The van der Waals surface area contributed by atoms with Crippen LogP contribution < -0.4 is 15.1 Å².